The molecular weight excluding hydrogens is 364 g/mol. The van der Waals surface area contributed by atoms with Crippen LogP contribution in [0.1, 0.15) is 39.1 Å². The van der Waals surface area contributed by atoms with Crippen molar-refractivity contribution in [3.05, 3.63) is 34.9 Å². The first-order valence-electron chi connectivity index (χ1n) is 9.40. The molecule has 2 fully saturated rings. The van der Waals surface area contributed by atoms with Gasteiger partial charge in [-0.15, -0.1) is 0 Å². The van der Waals surface area contributed by atoms with Crippen LogP contribution >= 0.6 is 0 Å². The summed E-state index contributed by atoms with van der Waals surface area (Å²) in [6.07, 6.45) is -0.174. The smallest absolute Gasteiger partial charge is 0.262 e. The third-order valence-corrected chi connectivity index (χ3v) is 5.58. The fourth-order valence-electron chi connectivity index (χ4n) is 4.05. The fraction of sp³-hybridized carbons (Fsp3) is 0.474. The molecule has 2 saturated heterocycles. The summed E-state index contributed by atoms with van der Waals surface area (Å²) in [7, 11) is 0. The minimum Gasteiger partial charge on any atom is -0.391 e. The monoisotopic (exact) mass is 386 g/mol. The lowest BCUT2D eigenvalue weighted by molar-refractivity contribution is -0.136. The predicted molar refractivity (Wildman–Crippen MR) is 97.2 cm³/mol. The van der Waals surface area contributed by atoms with Crippen LogP contribution in [-0.2, 0) is 16.1 Å². The Morgan fingerprint density at radius 2 is 1.96 bits per heavy atom. The van der Waals surface area contributed by atoms with Crippen LogP contribution in [0.3, 0.4) is 0 Å². The highest BCUT2D eigenvalue weighted by molar-refractivity contribution is 6.24. The Bertz CT molecular complexity index is 855. The van der Waals surface area contributed by atoms with Gasteiger partial charge in [0.2, 0.25) is 11.8 Å². The highest BCUT2D eigenvalue weighted by Gasteiger charge is 2.45. The molecule has 0 spiro atoms. The lowest BCUT2D eigenvalue weighted by Gasteiger charge is -2.27. The van der Waals surface area contributed by atoms with Gasteiger partial charge < -0.3 is 15.7 Å². The van der Waals surface area contributed by atoms with Gasteiger partial charge in [-0.3, -0.25) is 29.4 Å². The van der Waals surface area contributed by atoms with E-state index in [-0.39, 0.29) is 24.3 Å². The Kier molecular flexibility index (Phi) is 4.96. The number of benzene rings is 1. The standard InChI is InChI=1S/C19H22N4O5/c24-14-9-21-8-11(14)7-20-6-10-2-1-3-12-16(10)19(28)23(18(12)27)13-4-5-15(25)22-17(13)26/h1-3,11,13-14,20-21,24H,4-9H2,(H,22,25,26)/t11-,13?,14+/m0/s1. The number of rotatable bonds is 5. The highest BCUT2D eigenvalue weighted by atomic mass is 16.3. The maximum atomic E-state index is 13.0. The van der Waals surface area contributed by atoms with Crippen molar-refractivity contribution in [2.24, 2.45) is 5.92 Å². The van der Waals surface area contributed by atoms with Crippen molar-refractivity contribution in [1.29, 1.82) is 0 Å². The summed E-state index contributed by atoms with van der Waals surface area (Å²) in [5.41, 5.74) is 1.25. The second-order valence-electron chi connectivity index (χ2n) is 7.40. The van der Waals surface area contributed by atoms with Gasteiger partial charge in [-0.25, -0.2) is 0 Å². The van der Waals surface area contributed by atoms with E-state index in [0.29, 0.717) is 30.8 Å². The van der Waals surface area contributed by atoms with Crippen molar-refractivity contribution in [2.45, 2.75) is 31.5 Å². The van der Waals surface area contributed by atoms with Crippen molar-refractivity contribution in [1.82, 2.24) is 20.9 Å². The normalized spacial score (nSPS) is 27.3. The van der Waals surface area contributed by atoms with Gasteiger partial charge in [0.1, 0.15) is 6.04 Å². The Hall–Kier alpha value is -2.62. The zero-order valence-corrected chi connectivity index (χ0v) is 15.2. The van der Waals surface area contributed by atoms with E-state index >= 15 is 0 Å². The third-order valence-electron chi connectivity index (χ3n) is 5.58. The Labute approximate surface area is 161 Å². The average Bonchev–Trinajstić information content (AvgIpc) is 3.18. The molecule has 0 aromatic heterocycles. The van der Waals surface area contributed by atoms with E-state index < -0.39 is 35.8 Å². The number of fused-ring (bicyclic) bond motifs is 1. The van der Waals surface area contributed by atoms with Crippen LogP contribution in [0.25, 0.3) is 0 Å². The van der Waals surface area contributed by atoms with E-state index in [9.17, 15) is 24.3 Å². The van der Waals surface area contributed by atoms with Crippen LogP contribution in [0.4, 0.5) is 0 Å². The van der Waals surface area contributed by atoms with E-state index in [0.717, 1.165) is 11.4 Å². The molecule has 9 nitrogen and oxygen atoms in total. The van der Waals surface area contributed by atoms with Gasteiger partial charge >= 0.3 is 0 Å². The van der Waals surface area contributed by atoms with E-state index in [2.05, 4.69) is 16.0 Å². The number of imide groups is 2. The second-order valence-corrected chi connectivity index (χ2v) is 7.40. The Morgan fingerprint density at radius 3 is 2.68 bits per heavy atom. The molecule has 1 aromatic carbocycles. The van der Waals surface area contributed by atoms with Crippen LogP contribution in [0.5, 0.6) is 0 Å². The fourth-order valence-corrected chi connectivity index (χ4v) is 4.05. The van der Waals surface area contributed by atoms with Gasteiger partial charge in [-0.05, 0) is 18.1 Å². The molecule has 4 rings (SSSR count). The number of hydrogen-bond donors (Lipinski definition) is 4. The molecule has 0 bridgehead atoms. The van der Waals surface area contributed by atoms with Crippen molar-refractivity contribution >= 4 is 23.6 Å². The number of carbonyl (C=O) groups excluding carboxylic acids is 4. The number of aliphatic hydroxyl groups excluding tert-OH is 1. The second kappa shape index (κ2) is 7.42. The summed E-state index contributed by atoms with van der Waals surface area (Å²) in [5, 5.41) is 18.4. The van der Waals surface area contributed by atoms with Gasteiger partial charge in [0.05, 0.1) is 17.2 Å². The molecule has 3 heterocycles. The van der Waals surface area contributed by atoms with Crippen molar-refractivity contribution in [2.75, 3.05) is 19.6 Å². The molecule has 4 N–H and O–H groups in total. The summed E-state index contributed by atoms with van der Waals surface area (Å²) < 4.78 is 0. The summed E-state index contributed by atoms with van der Waals surface area (Å²) in [6, 6.07) is 4.09. The molecule has 28 heavy (non-hydrogen) atoms. The van der Waals surface area contributed by atoms with Gasteiger partial charge in [0, 0.05) is 38.5 Å². The lowest BCUT2D eigenvalue weighted by Crippen LogP contribution is -2.54. The van der Waals surface area contributed by atoms with Crippen LogP contribution < -0.4 is 16.0 Å². The minimum absolute atomic E-state index is 0.0917. The molecule has 3 aliphatic heterocycles. The first kappa shape index (κ1) is 18.7. The van der Waals surface area contributed by atoms with Crippen molar-refractivity contribution in [3.8, 4) is 0 Å². The minimum atomic E-state index is -0.967. The van der Waals surface area contributed by atoms with Crippen molar-refractivity contribution in [3.63, 3.8) is 0 Å². The molecule has 3 aliphatic rings. The van der Waals surface area contributed by atoms with Gasteiger partial charge in [-0.2, -0.15) is 0 Å². The summed E-state index contributed by atoms with van der Waals surface area (Å²) >= 11 is 0. The first-order valence-corrected chi connectivity index (χ1v) is 9.40. The average molecular weight is 386 g/mol. The molecule has 4 amide bonds. The highest BCUT2D eigenvalue weighted by Crippen LogP contribution is 2.29. The van der Waals surface area contributed by atoms with Gasteiger partial charge in [0.15, 0.2) is 0 Å². The van der Waals surface area contributed by atoms with E-state index in [1.165, 1.54) is 0 Å². The molecule has 1 unspecified atom stereocenters. The molecule has 0 saturated carbocycles. The van der Waals surface area contributed by atoms with Crippen molar-refractivity contribution < 1.29 is 24.3 Å². The third kappa shape index (κ3) is 3.21. The zero-order chi connectivity index (χ0) is 19.8. The topological polar surface area (TPSA) is 128 Å². The van der Waals surface area contributed by atoms with Gasteiger partial charge in [0.25, 0.3) is 11.8 Å². The van der Waals surface area contributed by atoms with Gasteiger partial charge in [-0.1, -0.05) is 12.1 Å². The number of amides is 4. The molecule has 0 radical (unpaired) electrons. The van der Waals surface area contributed by atoms with Crippen LogP contribution in [0, 0.1) is 5.92 Å². The van der Waals surface area contributed by atoms with Crippen LogP contribution in [-0.4, -0.2) is 65.4 Å². The van der Waals surface area contributed by atoms with Crippen LogP contribution in [0.2, 0.25) is 0 Å². The molecular formula is C19H22N4O5. The van der Waals surface area contributed by atoms with E-state index in [1.54, 1.807) is 18.2 Å². The predicted octanol–water partition coefficient (Wildman–Crippen LogP) is -1.24. The molecule has 0 aliphatic carbocycles. The molecule has 1 aromatic rings. The largest absolute Gasteiger partial charge is 0.391 e. The first-order chi connectivity index (χ1) is 13.5. The summed E-state index contributed by atoms with van der Waals surface area (Å²) in [4.78, 5) is 50.3. The molecule has 9 heteroatoms. The number of piperidine rings is 1. The summed E-state index contributed by atoms with van der Waals surface area (Å²) in [5.74, 6) is -1.94. The number of nitrogens with zero attached hydrogens (tertiary/aromatic N) is 1. The lowest BCUT2D eigenvalue weighted by atomic mass is 10.0. The SMILES string of the molecule is O=C1CCC(N2C(=O)c3cccc(CNC[C@H]4CNC[C@H]4O)c3C2=O)C(=O)N1. The molecule has 148 valence electrons. The van der Waals surface area contributed by atoms with Crippen LogP contribution in [0.15, 0.2) is 18.2 Å². The summed E-state index contributed by atoms with van der Waals surface area (Å²) in [6.45, 7) is 2.24. The number of hydrogen-bond acceptors (Lipinski definition) is 7. The Balaban J connectivity index is 1.51. The number of aliphatic hydroxyl groups is 1. The maximum Gasteiger partial charge on any atom is 0.262 e. The Morgan fingerprint density at radius 1 is 1.14 bits per heavy atom. The molecule has 3 atom stereocenters. The maximum absolute atomic E-state index is 13.0. The quantitative estimate of drug-likeness (QED) is 0.466. The number of nitrogens with one attached hydrogen (secondary N) is 3. The van der Waals surface area contributed by atoms with E-state index in [1.807, 2.05) is 0 Å². The van der Waals surface area contributed by atoms with E-state index in [4.69, 9.17) is 0 Å². The number of β-amino-alcohol motifs (C(OH)–C–C–N with tert-alkyl or cyclic N) is 1. The zero-order valence-electron chi connectivity index (χ0n) is 15.2. The number of carbonyl (C=O) groups is 4.